The van der Waals surface area contributed by atoms with Crippen molar-refractivity contribution in [3.63, 3.8) is 0 Å². The van der Waals surface area contributed by atoms with Gasteiger partial charge in [0, 0.05) is 17.3 Å². The number of carbonyl (C=O) groups is 1. The summed E-state index contributed by atoms with van der Waals surface area (Å²) in [5, 5.41) is 2.92. The normalized spacial score (nSPS) is 10.3. The van der Waals surface area contributed by atoms with Gasteiger partial charge in [-0.3, -0.25) is 4.79 Å². The lowest BCUT2D eigenvalue weighted by Gasteiger charge is -2.12. The fraction of sp³-hybridized carbons (Fsp3) is 0.143. The van der Waals surface area contributed by atoms with Gasteiger partial charge in [0.1, 0.15) is 5.75 Å². The molecule has 110 valence electrons. The minimum atomic E-state index is -1.33. The van der Waals surface area contributed by atoms with E-state index in [1.165, 1.54) is 13.2 Å². The molecule has 1 heterocycles. The molecule has 0 aliphatic carbocycles. The van der Waals surface area contributed by atoms with E-state index in [4.69, 9.17) is 16.3 Å². The van der Waals surface area contributed by atoms with E-state index in [-0.39, 0.29) is 0 Å². The number of aromatic nitrogens is 1. The van der Waals surface area contributed by atoms with Crippen molar-refractivity contribution in [1.29, 1.82) is 0 Å². The molecule has 0 spiro atoms. The first-order chi connectivity index (χ1) is 9.93. The van der Waals surface area contributed by atoms with Crippen molar-refractivity contribution < 1.29 is 18.3 Å². The van der Waals surface area contributed by atoms with Crippen LogP contribution in [-0.4, -0.2) is 18.0 Å². The molecular formula is C14H11ClF2N2O2. The lowest BCUT2D eigenvalue weighted by Crippen LogP contribution is -2.15. The van der Waals surface area contributed by atoms with Gasteiger partial charge in [0.25, 0.3) is 5.91 Å². The van der Waals surface area contributed by atoms with Crippen LogP contribution in [0.5, 0.6) is 5.75 Å². The number of anilines is 1. The van der Waals surface area contributed by atoms with Crippen LogP contribution in [0.15, 0.2) is 24.4 Å². The van der Waals surface area contributed by atoms with Crippen LogP contribution in [0.2, 0.25) is 5.02 Å². The molecule has 1 N–H and O–H groups in total. The zero-order valence-corrected chi connectivity index (χ0v) is 12.0. The number of nitrogens with zero attached hydrogens (tertiary/aromatic N) is 1. The van der Waals surface area contributed by atoms with Crippen LogP contribution in [-0.2, 0) is 0 Å². The number of benzene rings is 1. The molecule has 0 aliphatic heterocycles. The topological polar surface area (TPSA) is 51.2 Å². The van der Waals surface area contributed by atoms with E-state index >= 15 is 0 Å². The third-order valence-electron chi connectivity index (χ3n) is 2.82. The smallest absolute Gasteiger partial charge is 0.258 e. The highest BCUT2D eigenvalue weighted by atomic mass is 35.5. The number of ether oxygens (including phenoxy) is 1. The molecule has 0 fully saturated rings. The molecule has 0 saturated carbocycles. The average Bonchev–Trinajstić information content (AvgIpc) is 2.45. The quantitative estimate of drug-likeness (QED) is 0.881. The number of aryl methyl sites for hydroxylation is 1. The average molecular weight is 313 g/mol. The number of carbonyl (C=O) groups excluding carboxylic acids is 1. The summed E-state index contributed by atoms with van der Waals surface area (Å²) in [7, 11) is 1.41. The summed E-state index contributed by atoms with van der Waals surface area (Å²) in [6, 6.07) is 4.19. The number of halogens is 3. The molecule has 4 nitrogen and oxygen atoms in total. The van der Waals surface area contributed by atoms with Crippen LogP contribution in [0.25, 0.3) is 0 Å². The summed E-state index contributed by atoms with van der Waals surface area (Å²) < 4.78 is 31.7. The summed E-state index contributed by atoms with van der Waals surface area (Å²) in [6.45, 7) is 1.74. The zero-order chi connectivity index (χ0) is 15.6. The number of methoxy groups -OCH3 is 1. The number of nitrogens with one attached hydrogen (secondary N) is 1. The van der Waals surface area contributed by atoms with Gasteiger partial charge in [0.2, 0.25) is 5.95 Å². The molecule has 21 heavy (non-hydrogen) atoms. The third kappa shape index (κ3) is 3.11. The van der Waals surface area contributed by atoms with Gasteiger partial charge in [-0.05, 0) is 24.6 Å². The monoisotopic (exact) mass is 312 g/mol. The molecule has 1 aromatic carbocycles. The summed E-state index contributed by atoms with van der Waals surface area (Å²) in [5.41, 5.74) is 0.562. The van der Waals surface area contributed by atoms with Gasteiger partial charge in [-0.25, -0.2) is 9.37 Å². The molecular weight excluding hydrogens is 302 g/mol. The maximum atomic E-state index is 13.5. The molecule has 0 saturated heterocycles. The molecule has 2 aromatic rings. The number of amides is 1. The van der Waals surface area contributed by atoms with Gasteiger partial charge in [-0.15, -0.1) is 0 Å². The summed E-state index contributed by atoms with van der Waals surface area (Å²) in [5.74, 6) is -3.13. The first-order valence-corrected chi connectivity index (χ1v) is 6.27. The van der Waals surface area contributed by atoms with Crippen LogP contribution >= 0.6 is 11.6 Å². The van der Waals surface area contributed by atoms with Gasteiger partial charge in [0.05, 0.1) is 18.4 Å². The Morgan fingerprint density at radius 1 is 1.38 bits per heavy atom. The van der Waals surface area contributed by atoms with Crippen LogP contribution in [0, 0.1) is 18.7 Å². The first kappa shape index (κ1) is 15.2. The maximum Gasteiger partial charge on any atom is 0.258 e. The van der Waals surface area contributed by atoms with Gasteiger partial charge in [-0.1, -0.05) is 11.6 Å². The summed E-state index contributed by atoms with van der Waals surface area (Å²) in [4.78, 5) is 15.1. The lowest BCUT2D eigenvalue weighted by atomic mass is 10.2. The molecule has 1 amide bonds. The SMILES string of the molecule is COc1cc(Cl)c(C)cc1NC(=O)c1ccnc(F)c1F. The van der Waals surface area contributed by atoms with E-state index in [9.17, 15) is 13.6 Å². The van der Waals surface area contributed by atoms with E-state index in [2.05, 4.69) is 10.3 Å². The number of pyridine rings is 1. The molecule has 0 aliphatic rings. The highest BCUT2D eigenvalue weighted by Crippen LogP contribution is 2.31. The predicted molar refractivity (Wildman–Crippen MR) is 74.8 cm³/mol. The van der Waals surface area contributed by atoms with Gasteiger partial charge < -0.3 is 10.1 Å². The molecule has 1 aromatic heterocycles. The minimum absolute atomic E-state index is 0.307. The number of hydrogen-bond donors (Lipinski definition) is 1. The van der Waals surface area contributed by atoms with E-state index in [0.29, 0.717) is 22.0 Å². The zero-order valence-electron chi connectivity index (χ0n) is 11.2. The Morgan fingerprint density at radius 3 is 2.76 bits per heavy atom. The Labute approximate surface area is 124 Å². The summed E-state index contributed by atoms with van der Waals surface area (Å²) in [6.07, 6.45) is 1.01. The molecule has 0 bridgehead atoms. The second-order valence-corrected chi connectivity index (χ2v) is 4.63. The Balaban J connectivity index is 2.36. The van der Waals surface area contributed by atoms with Crippen LogP contribution in [0.4, 0.5) is 14.5 Å². The van der Waals surface area contributed by atoms with Crippen molar-refractivity contribution in [3.8, 4) is 5.75 Å². The Kier molecular flexibility index (Phi) is 4.37. The third-order valence-corrected chi connectivity index (χ3v) is 3.23. The number of rotatable bonds is 3. The predicted octanol–water partition coefficient (Wildman–Crippen LogP) is 3.58. The van der Waals surface area contributed by atoms with Crippen molar-refractivity contribution in [2.45, 2.75) is 6.92 Å². The van der Waals surface area contributed by atoms with Crippen molar-refractivity contribution in [3.05, 3.63) is 52.3 Å². The van der Waals surface area contributed by atoms with Gasteiger partial charge in [-0.2, -0.15) is 4.39 Å². The fourth-order valence-corrected chi connectivity index (χ4v) is 1.87. The van der Waals surface area contributed by atoms with E-state index in [0.717, 1.165) is 12.3 Å². The van der Waals surface area contributed by atoms with Crippen LogP contribution in [0.3, 0.4) is 0 Å². The van der Waals surface area contributed by atoms with E-state index in [1.807, 2.05) is 0 Å². The largest absolute Gasteiger partial charge is 0.495 e. The molecule has 0 radical (unpaired) electrons. The highest BCUT2D eigenvalue weighted by molar-refractivity contribution is 6.31. The van der Waals surface area contributed by atoms with E-state index in [1.54, 1.807) is 13.0 Å². The molecule has 0 unspecified atom stereocenters. The second-order valence-electron chi connectivity index (χ2n) is 4.22. The lowest BCUT2D eigenvalue weighted by molar-refractivity contribution is 0.102. The van der Waals surface area contributed by atoms with Crippen molar-refractivity contribution in [1.82, 2.24) is 4.98 Å². The standard InChI is InChI=1S/C14H11ClF2N2O2/c1-7-5-10(11(21-2)6-9(7)15)19-14(20)8-3-4-18-13(17)12(8)16/h3-6H,1-2H3,(H,19,20). The fourth-order valence-electron chi connectivity index (χ4n) is 1.71. The van der Waals surface area contributed by atoms with E-state index < -0.39 is 23.2 Å². The van der Waals surface area contributed by atoms with Crippen LogP contribution < -0.4 is 10.1 Å². The van der Waals surface area contributed by atoms with Crippen molar-refractivity contribution in [2.24, 2.45) is 0 Å². The number of hydrogen-bond acceptors (Lipinski definition) is 3. The summed E-state index contributed by atoms with van der Waals surface area (Å²) >= 11 is 5.95. The Hall–Kier alpha value is -2.21. The molecule has 0 atom stereocenters. The molecule has 7 heteroatoms. The molecule has 2 rings (SSSR count). The van der Waals surface area contributed by atoms with Crippen LogP contribution in [0.1, 0.15) is 15.9 Å². The highest BCUT2D eigenvalue weighted by Gasteiger charge is 2.18. The van der Waals surface area contributed by atoms with Gasteiger partial charge in [0.15, 0.2) is 5.82 Å². The first-order valence-electron chi connectivity index (χ1n) is 5.89. The second kappa shape index (κ2) is 6.05. The Bertz CT molecular complexity index is 708. The van der Waals surface area contributed by atoms with Gasteiger partial charge >= 0.3 is 0 Å². The minimum Gasteiger partial charge on any atom is -0.495 e. The maximum absolute atomic E-state index is 13.5. The van der Waals surface area contributed by atoms with Crippen molar-refractivity contribution in [2.75, 3.05) is 12.4 Å². The van der Waals surface area contributed by atoms with Crippen molar-refractivity contribution >= 4 is 23.2 Å². The Morgan fingerprint density at radius 2 is 2.10 bits per heavy atom.